The molecule has 2 aromatic carbocycles. The molecule has 0 heterocycles. The first-order valence-electron chi connectivity index (χ1n) is 6.18. The fourth-order valence-electron chi connectivity index (χ4n) is 2.17. The minimum atomic E-state index is -0.00817. The van der Waals surface area contributed by atoms with Gasteiger partial charge in [-0.25, -0.2) is 0 Å². The predicted octanol–water partition coefficient (Wildman–Crippen LogP) is 4.81. The van der Waals surface area contributed by atoms with Gasteiger partial charge in [0, 0.05) is 14.5 Å². The summed E-state index contributed by atoms with van der Waals surface area (Å²) < 4.78 is 1.07. The third kappa shape index (κ3) is 3.54. The molecular weight excluding hydrogens is 359 g/mol. The fraction of sp³-hybridized carbons (Fsp3) is 0.200. The van der Waals surface area contributed by atoms with Gasteiger partial charge in [-0.2, -0.15) is 0 Å². The van der Waals surface area contributed by atoms with Crippen LogP contribution in [0, 0.1) is 6.92 Å². The summed E-state index contributed by atoms with van der Waals surface area (Å²) >= 11 is 15.7. The zero-order valence-electron chi connectivity index (χ0n) is 11.0. The van der Waals surface area contributed by atoms with Crippen molar-refractivity contribution in [3.8, 4) is 0 Å². The molecule has 2 aromatic rings. The molecular formula is C15H15BrCl2N2. The molecule has 20 heavy (non-hydrogen) atoms. The van der Waals surface area contributed by atoms with Gasteiger partial charge in [-0.15, -0.1) is 0 Å². The third-order valence-corrected chi connectivity index (χ3v) is 4.77. The molecule has 3 N–H and O–H groups in total. The maximum atomic E-state index is 6.23. The number of hydrogen-bond donors (Lipinski definition) is 2. The average molecular weight is 374 g/mol. The highest BCUT2D eigenvalue weighted by Crippen LogP contribution is 2.29. The maximum Gasteiger partial charge on any atom is 0.0503 e. The highest BCUT2D eigenvalue weighted by Gasteiger charge is 2.15. The van der Waals surface area contributed by atoms with Crippen molar-refractivity contribution in [3.63, 3.8) is 0 Å². The Kier molecular flexibility index (Phi) is 5.47. The van der Waals surface area contributed by atoms with Gasteiger partial charge in [-0.3, -0.25) is 11.3 Å². The molecule has 0 saturated heterocycles. The Balaban J connectivity index is 2.31. The van der Waals surface area contributed by atoms with Gasteiger partial charge in [0.05, 0.1) is 6.04 Å². The van der Waals surface area contributed by atoms with Crippen LogP contribution >= 0.6 is 39.1 Å². The van der Waals surface area contributed by atoms with E-state index < -0.39 is 0 Å². The third-order valence-electron chi connectivity index (χ3n) is 3.33. The van der Waals surface area contributed by atoms with Crippen LogP contribution in [0.15, 0.2) is 40.9 Å². The highest BCUT2D eigenvalue weighted by molar-refractivity contribution is 9.10. The van der Waals surface area contributed by atoms with Crippen LogP contribution in [0.3, 0.4) is 0 Å². The van der Waals surface area contributed by atoms with E-state index in [2.05, 4.69) is 34.3 Å². The van der Waals surface area contributed by atoms with Crippen LogP contribution in [-0.2, 0) is 6.42 Å². The Hall–Kier alpha value is -0.580. The van der Waals surface area contributed by atoms with Crippen LogP contribution in [-0.4, -0.2) is 0 Å². The fourth-order valence-corrected chi connectivity index (χ4v) is 3.03. The summed E-state index contributed by atoms with van der Waals surface area (Å²) in [6, 6.07) is 11.6. The summed E-state index contributed by atoms with van der Waals surface area (Å²) in [7, 11) is 0. The summed E-state index contributed by atoms with van der Waals surface area (Å²) in [6.07, 6.45) is 0.698. The Morgan fingerprint density at radius 1 is 1.25 bits per heavy atom. The second kappa shape index (κ2) is 6.92. The van der Waals surface area contributed by atoms with Crippen LogP contribution in [0.25, 0.3) is 0 Å². The zero-order chi connectivity index (χ0) is 14.7. The number of nitrogens with one attached hydrogen (secondary N) is 1. The lowest BCUT2D eigenvalue weighted by molar-refractivity contribution is 0.549. The van der Waals surface area contributed by atoms with Gasteiger partial charge in [0.1, 0.15) is 0 Å². The van der Waals surface area contributed by atoms with Crippen LogP contribution in [0.1, 0.15) is 22.7 Å². The quantitative estimate of drug-likeness (QED) is 0.596. The van der Waals surface area contributed by atoms with Crippen molar-refractivity contribution in [2.45, 2.75) is 19.4 Å². The van der Waals surface area contributed by atoms with Crippen LogP contribution in [0.4, 0.5) is 0 Å². The van der Waals surface area contributed by atoms with Crippen LogP contribution in [0.5, 0.6) is 0 Å². The molecule has 0 spiro atoms. The number of hydrogen-bond acceptors (Lipinski definition) is 2. The Morgan fingerprint density at radius 2 is 2.00 bits per heavy atom. The van der Waals surface area contributed by atoms with Crippen molar-refractivity contribution in [2.75, 3.05) is 0 Å². The zero-order valence-corrected chi connectivity index (χ0v) is 14.1. The summed E-state index contributed by atoms with van der Waals surface area (Å²) in [6.45, 7) is 2.06. The molecule has 2 rings (SSSR count). The smallest absolute Gasteiger partial charge is 0.0503 e. The maximum absolute atomic E-state index is 6.23. The number of halogens is 3. The van der Waals surface area contributed by atoms with Crippen molar-refractivity contribution >= 4 is 39.1 Å². The lowest BCUT2D eigenvalue weighted by Gasteiger charge is -2.20. The number of hydrazine groups is 1. The summed E-state index contributed by atoms with van der Waals surface area (Å²) in [4.78, 5) is 0. The average Bonchev–Trinajstić information content (AvgIpc) is 2.42. The van der Waals surface area contributed by atoms with Gasteiger partial charge in [-0.1, -0.05) is 57.3 Å². The lowest BCUT2D eigenvalue weighted by Crippen LogP contribution is -2.30. The van der Waals surface area contributed by atoms with Crippen molar-refractivity contribution in [3.05, 3.63) is 67.6 Å². The van der Waals surface area contributed by atoms with E-state index in [4.69, 9.17) is 29.0 Å². The Morgan fingerprint density at radius 3 is 2.65 bits per heavy atom. The Labute approximate surface area is 137 Å². The molecule has 2 nitrogen and oxygen atoms in total. The second-order valence-corrected chi connectivity index (χ2v) is 6.31. The number of benzene rings is 2. The first-order valence-corrected chi connectivity index (χ1v) is 7.73. The van der Waals surface area contributed by atoms with Gasteiger partial charge in [0.25, 0.3) is 0 Å². The minimum absolute atomic E-state index is 0.00817. The largest absolute Gasteiger partial charge is 0.271 e. The molecule has 5 heteroatoms. The van der Waals surface area contributed by atoms with E-state index in [-0.39, 0.29) is 6.04 Å². The second-order valence-electron chi connectivity index (χ2n) is 4.61. The van der Waals surface area contributed by atoms with E-state index in [0.29, 0.717) is 16.5 Å². The van der Waals surface area contributed by atoms with Gasteiger partial charge in [0.2, 0.25) is 0 Å². The molecule has 106 valence electrons. The predicted molar refractivity (Wildman–Crippen MR) is 89.1 cm³/mol. The van der Waals surface area contributed by atoms with E-state index in [0.717, 1.165) is 15.6 Å². The van der Waals surface area contributed by atoms with Crippen molar-refractivity contribution in [1.29, 1.82) is 0 Å². The number of rotatable bonds is 4. The summed E-state index contributed by atoms with van der Waals surface area (Å²) in [5.41, 5.74) is 6.19. The highest BCUT2D eigenvalue weighted by atomic mass is 79.9. The van der Waals surface area contributed by atoms with E-state index in [1.807, 2.05) is 24.3 Å². The summed E-state index contributed by atoms with van der Waals surface area (Å²) in [5.74, 6) is 5.72. The molecule has 1 atom stereocenters. The Bertz CT molecular complexity index is 617. The van der Waals surface area contributed by atoms with Crippen molar-refractivity contribution < 1.29 is 0 Å². The SMILES string of the molecule is Cc1c(Br)cccc1C(Cc1ccc(Cl)cc1Cl)NN. The molecule has 0 aliphatic rings. The standard InChI is InChI=1S/C15H15BrCl2N2/c1-9-12(3-2-4-13(9)16)15(20-19)7-10-5-6-11(17)8-14(10)18/h2-6,8,15,20H,7,19H2,1H3. The molecule has 0 fully saturated rings. The molecule has 1 unspecified atom stereocenters. The monoisotopic (exact) mass is 372 g/mol. The first kappa shape index (κ1) is 15.8. The van der Waals surface area contributed by atoms with Gasteiger partial charge in [-0.05, 0) is 48.2 Å². The van der Waals surface area contributed by atoms with Gasteiger partial charge < -0.3 is 0 Å². The molecule has 0 aromatic heterocycles. The van der Waals surface area contributed by atoms with E-state index in [1.54, 1.807) is 6.07 Å². The molecule has 0 amide bonds. The van der Waals surface area contributed by atoms with Crippen LogP contribution < -0.4 is 11.3 Å². The topological polar surface area (TPSA) is 38.0 Å². The van der Waals surface area contributed by atoms with Gasteiger partial charge >= 0.3 is 0 Å². The lowest BCUT2D eigenvalue weighted by atomic mass is 9.96. The minimum Gasteiger partial charge on any atom is -0.271 e. The first-order chi connectivity index (χ1) is 9.52. The van der Waals surface area contributed by atoms with Gasteiger partial charge in [0.15, 0.2) is 0 Å². The van der Waals surface area contributed by atoms with E-state index >= 15 is 0 Å². The molecule has 0 aliphatic carbocycles. The van der Waals surface area contributed by atoms with E-state index in [1.165, 1.54) is 5.56 Å². The van der Waals surface area contributed by atoms with Crippen molar-refractivity contribution in [1.82, 2.24) is 5.43 Å². The normalized spacial score (nSPS) is 12.4. The molecule has 0 radical (unpaired) electrons. The van der Waals surface area contributed by atoms with Crippen LogP contribution in [0.2, 0.25) is 10.0 Å². The molecule has 0 saturated carbocycles. The number of nitrogens with two attached hydrogens (primary N) is 1. The molecule has 0 bridgehead atoms. The van der Waals surface area contributed by atoms with Crippen molar-refractivity contribution in [2.24, 2.45) is 5.84 Å². The molecule has 0 aliphatic heterocycles. The summed E-state index contributed by atoms with van der Waals surface area (Å²) in [5, 5.41) is 1.29. The van der Waals surface area contributed by atoms with E-state index in [9.17, 15) is 0 Å².